The number of esters is 1. The fourth-order valence-corrected chi connectivity index (χ4v) is 1.76. The van der Waals surface area contributed by atoms with Crippen molar-refractivity contribution in [3.8, 4) is 5.75 Å². The second-order valence-corrected chi connectivity index (χ2v) is 4.27. The number of carbonyl (C=O) groups excluding carboxylic acids is 1. The van der Waals surface area contributed by atoms with Gasteiger partial charge in [0.15, 0.2) is 0 Å². The Morgan fingerprint density at radius 1 is 1.65 bits per heavy atom. The first-order chi connectivity index (χ1) is 8.10. The molecule has 0 spiro atoms. The van der Waals surface area contributed by atoms with Crippen molar-refractivity contribution in [3.63, 3.8) is 0 Å². The van der Waals surface area contributed by atoms with Crippen LogP contribution in [0.15, 0.2) is 34.4 Å². The average Bonchev–Trinajstić information content (AvgIpc) is 2.30. The van der Waals surface area contributed by atoms with Gasteiger partial charge in [-0.05, 0) is 18.2 Å². The molecule has 2 rings (SSSR count). The molecule has 1 unspecified atom stereocenters. The molecule has 5 nitrogen and oxygen atoms in total. The largest absolute Gasteiger partial charge is 0.466 e. The Bertz CT molecular complexity index is 486. The van der Waals surface area contributed by atoms with Crippen LogP contribution in [0.1, 0.15) is 0 Å². The van der Waals surface area contributed by atoms with Crippen molar-refractivity contribution in [3.05, 3.63) is 34.4 Å². The van der Waals surface area contributed by atoms with E-state index in [9.17, 15) is 9.90 Å². The molecule has 1 heterocycles. The van der Waals surface area contributed by atoms with E-state index in [-0.39, 0.29) is 5.70 Å². The SMILES string of the molecule is COC(=O)/C=C1\Nc2cc(Br)ccc2OC1O. The molecular formula is C11H10BrNO4. The molecule has 90 valence electrons. The number of rotatable bonds is 1. The first-order valence-corrected chi connectivity index (χ1v) is 5.60. The Hall–Kier alpha value is -1.53. The van der Waals surface area contributed by atoms with E-state index < -0.39 is 12.3 Å². The zero-order valence-electron chi connectivity index (χ0n) is 8.94. The lowest BCUT2D eigenvalue weighted by Gasteiger charge is -2.26. The van der Waals surface area contributed by atoms with Gasteiger partial charge >= 0.3 is 5.97 Å². The first kappa shape index (κ1) is 11.9. The molecular weight excluding hydrogens is 290 g/mol. The summed E-state index contributed by atoms with van der Waals surface area (Å²) in [4.78, 5) is 11.1. The van der Waals surface area contributed by atoms with Crippen LogP contribution in [0.3, 0.4) is 0 Å². The first-order valence-electron chi connectivity index (χ1n) is 4.81. The van der Waals surface area contributed by atoms with Crippen LogP contribution in [0.25, 0.3) is 0 Å². The molecule has 6 heteroatoms. The Balaban J connectivity index is 2.31. The standard InChI is InChI=1S/C11H10BrNO4/c1-16-10(14)5-8-11(15)17-9-3-2-6(12)4-7(9)13-8/h2-5,11,13,15H,1H3/b8-5-. The molecule has 1 aliphatic heterocycles. The number of aliphatic hydroxyl groups is 1. The third-order valence-corrected chi connectivity index (χ3v) is 2.69. The van der Waals surface area contributed by atoms with Gasteiger partial charge in [-0.3, -0.25) is 0 Å². The van der Waals surface area contributed by atoms with Crippen LogP contribution in [-0.2, 0) is 9.53 Å². The van der Waals surface area contributed by atoms with E-state index in [0.29, 0.717) is 11.4 Å². The maximum absolute atomic E-state index is 11.1. The highest BCUT2D eigenvalue weighted by molar-refractivity contribution is 9.10. The quantitative estimate of drug-likeness (QED) is 0.609. The van der Waals surface area contributed by atoms with E-state index in [4.69, 9.17) is 4.74 Å². The Morgan fingerprint density at radius 3 is 3.12 bits per heavy atom. The molecule has 0 bridgehead atoms. The van der Waals surface area contributed by atoms with E-state index in [0.717, 1.165) is 10.5 Å². The fourth-order valence-electron chi connectivity index (χ4n) is 1.40. The molecule has 1 aromatic rings. The van der Waals surface area contributed by atoms with E-state index in [1.807, 2.05) is 0 Å². The molecule has 1 aliphatic rings. The van der Waals surface area contributed by atoms with Gasteiger partial charge in [0.05, 0.1) is 18.5 Å². The summed E-state index contributed by atoms with van der Waals surface area (Å²) in [5, 5.41) is 12.6. The van der Waals surface area contributed by atoms with Crippen molar-refractivity contribution in [1.29, 1.82) is 0 Å². The lowest BCUT2D eigenvalue weighted by Crippen LogP contribution is -2.29. The lowest BCUT2D eigenvalue weighted by atomic mass is 10.2. The Morgan fingerprint density at radius 2 is 2.41 bits per heavy atom. The summed E-state index contributed by atoms with van der Waals surface area (Å²) in [5.41, 5.74) is 0.905. The van der Waals surface area contributed by atoms with Crippen molar-refractivity contribution in [1.82, 2.24) is 0 Å². The smallest absolute Gasteiger partial charge is 0.332 e. The maximum atomic E-state index is 11.1. The minimum atomic E-state index is -1.21. The topological polar surface area (TPSA) is 67.8 Å². The number of nitrogens with one attached hydrogen (secondary N) is 1. The van der Waals surface area contributed by atoms with Crippen molar-refractivity contribution >= 4 is 27.6 Å². The third kappa shape index (κ3) is 2.59. The summed E-state index contributed by atoms with van der Waals surface area (Å²) in [6.45, 7) is 0. The molecule has 17 heavy (non-hydrogen) atoms. The summed E-state index contributed by atoms with van der Waals surface area (Å²) in [5.74, 6) is -0.0451. The van der Waals surface area contributed by atoms with E-state index in [1.54, 1.807) is 18.2 Å². The number of halogens is 1. The Labute approximate surface area is 106 Å². The minimum Gasteiger partial charge on any atom is -0.466 e. The highest BCUT2D eigenvalue weighted by atomic mass is 79.9. The molecule has 0 aliphatic carbocycles. The van der Waals surface area contributed by atoms with Crippen molar-refractivity contribution < 1.29 is 19.4 Å². The average molecular weight is 300 g/mol. The second kappa shape index (κ2) is 4.77. The third-order valence-electron chi connectivity index (χ3n) is 2.20. The predicted molar refractivity (Wildman–Crippen MR) is 64.5 cm³/mol. The van der Waals surface area contributed by atoms with Crippen LogP contribution in [0.4, 0.5) is 5.69 Å². The molecule has 0 saturated carbocycles. The lowest BCUT2D eigenvalue weighted by molar-refractivity contribution is -0.135. The number of fused-ring (bicyclic) bond motifs is 1. The maximum Gasteiger partial charge on any atom is 0.332 e. The van der Waals surface area contributed by atoms with Crippen LogP contribution in [0.2, 0.25) is 0 Å². The van der Waals surface area contributed by atoms with Crippen molar-refractivity contribution in [2.75, 3.05) is 12.4 Å². The summed E-state index contributed by atoms with van der Waals surface area (Å²) < 4.78 is 10.6. The normalized spacial score (nSPS) is 20.2. The van der Waals surface area contributed by atoms with Gasteiger partial charge in [0.1, 0.15) is 5.75 Å². The van der Waals surface area contributed by atoms with Gasteiger partial charge in [-0.2, -0.15) is 0 Å². The van der Waals surface area contributed by atoms with Crippen molar-refractivity contribution in [2.45, 2.75) is 6.29 Å². The molecule has 0 fully saturated rings. The summed E-state index contributed by atoms with van der Waals surface area (Å²) >= 11 is 3.32. The number of anilines is 1. The fraction of sp³-hybridized carbons (Fsp3) is 0.182. The van der Waals surface area contributed by atoms with Gasteiger partial charge in [-0.1, -0.05) is 15.9 Å². The number of benzene rings is 1. The zero-order valence-corrected chi connectivity index (χ0v) is 10.5. The van der Waals surface area contributed by atoms with Crippen LogP contribution in [0, 0.1) is 0 Å². The van der Waals surface area contributed by atoms with Crippen molar-refractivity contribution in [2.24, 2.45) is 0 Å². The number of aliphatic hydroxyl groups excluding tert-OH is 1. The van der Waals surface area contributed by atoms with Gasteiger partial charge in [-0.15, -0.1) is 0 Å². The second-order valence-electron chi connectivity index (χ2n) is 3.36. The van der Waals surface area contributed by atoms with E-state index >= 15 is 0 Å². The number of hydrogen-bond acceptors (Lipinski definition) is 5. The van der Waals surface area contributed by atoms with Gasteiger partial charge in [-0.25, -0.2) is 4.79 Å². The van der Waals surface area contributed by atoms with Gasteiger partial charge in [0.25, 0.3) is 0 Å². The minimum absolute atomic E-state index is 0.238. The van der Waals surface area contributed by atoms with E-state index in [1.165, 1.54) is 7.11 Å². The van der Waals surface area contributed by atoms with E-state index in [2.05, 4.69) is 26.0 Å². The van der Waals surface area contributed by atoms with Crippen LogP contribution in [0.5, 0.6) is 5.75 Å². The molecule has 1 atom stereocenters. The van der Waals surface area contributed by atoms with Gasteiger partial charge in [0, 0.05) is 10.5 Å². The number of ether oxygens (including phenoxy) is 2. The van der Waals surface area contributed by atoms with Crippen LogP contribution in [-0.4, -0.2) is 24.5 Å². The van der Waals surface area contributed by atoms with Gasteiger partial charge in [0.2, 0.25) is 6.29 Å². The monoisotopic (exact) mass is 299 g/mol. The molecule has 1 aromatic carbocycles. The summed E-state index contributed by atoms with van der Waals surface area (Å²) in [6, 6.07) is 5.29. The summed E-state index contributed by atoms with van der Waals surface area (Å²) in [6.07, 6.45) is -0.0584. The number of methoxy groups -OCH3 is 1. The van der Waals surface area contributed by atoms with Gasteiger partial charge < -0.3 is 19.9 Å². The highest BCUT2D eigenvalue weighted by Crippen LogP contribution is 2.34. The number of carbonyl (C=O) groups is 1. The molecule has 2 N–H and O–H groups in total. The van der Waals surface area contributed by atoms with Crippen LogP contribution < -0.4 is 10.1 Å². The molecule has 0 saturated heterocycles. The van der Waals surface area contributed by atoms with Crippen LogP contribution >= 0.6 is 15.9 Å². The molecule has 0 amide bonds. The highest BCUT2D eigenvalue weighted by Gasteiger charge is 2.23. The zero-order chi connectivity index (χ0) is 12.4. The number of hydrogen-bond donors (Lipinski definition) is 2. The summed E-state index contributed by atoms with van der Waals surface area (Å²) in [7, 11) is 1.26. The predicted octanol–water partition coefficient (Wildman–Crippen LogP) is 1.63. The molecule has 0 aromatic heterocycles. The molecule has 0 radical (unpaired) electrons. The Kier molecular flexibility index (Phi) is 3.35.